The van der Waals surface area contributed by atoms with Crippen LogP contribution in [0.5, 0.6) is 0 Å². The number of aliphatic carboxylic acids is 1. The molecule has 114 valence electrons. The largest absolute Gasteiger partial charge is 0.543 e. The van der Waals surface area contributed by atoms with Crippen molar-refractivity contribution in [3.8, 4) is 0 Å². The Morgan fingerprint density at radius 3 is 2.91 bits per heavy atom. The molecular formula is C13H12N4O4S. The number of amides is 2. The van der Waals surface area contributed by atoms with E-state index in [2.05, 4.69) is 10.3 Å². The average molecular weight is 320 g/mol. The molecule has 3 rings (SSSR count). The first-order valence-corrected chi connectivity index (χ1v) is 7.55. The summed E-state index contributed by atoms with van der Waals surface area (Å²) >= 11 is 1.42. The maximum Gasteiger partial charge on any atom is 0.253 e. The van der Waals surface area contributed by atoms with Gasteiger partial charge in [0.2, 0.25) is 6.41 Å². The van der Waals surface area contributed by atoms with Gasteiger partial charge in [-0.2, -0.15) is 4.57 Å². The number of β-lactam (4-membered cyclic amide) rings is 1. The lowest BCUT2D eigenvalue weighted by Crippen LogP contribution is -2.70. The van der Waals surface area contributed by atoms with Crippen molar-refractivity contribution in [2.75, 3.05) is 5.75 Å². The Labute approximate surface area is 129 Å². The van der Waals surface area contributed by atoms with Crippen LogP contribution in [0.1, 0.15) is 0 Å². The van der Waals surface area contributed by atoms with Crippen LogP contribution in [0.4, 0.5) is 0 Å². The first-order chi connectivity index (χ1) is 10.6. The molecule has 2 atom stereocenters. The number of aromatic nitrogens is 2. The van der Waals surface area contributed by atoms with E-state index in [0.29, 0.717) is 24.3 Å². The molecule has 9 heteroatoms. The number of nitrogens with zero attached hydrogens (tertiary/aromatic N) is 3. The molecule has 3 heterocycles. The first kappa shape index (κ1) is 14.5. The van der Waals surface area contributed by atoms with Gasteiger partial charge in [0.25, 0.3) is 5.91 Å². The Balaban J connectivity index is 1.90. The monoisotopic (exact) mass is 320 g/mol. The molecule has 2 aliphatic rings. The summed E-state index contributed by atoms with van der Waals surface area (Å²) in [6, 6.07) is -0.674. The number of carboxylic acids is 1. The molecule has 8 nitrogen and oxygen atoms in total. The smallest absolute Gasteiger partial charge is 0.253 e. The summed E-state index contributed by atoms with van der Waals surface area (Å²) in [7, 11) is 0. The van der Waals surface area contributed by atoms with Crippen molar-refractivity contribution in [1.29, 1.82) is 0 Å². The van der Waals surface area contributed by atoms with E-state index in [4.69, 9.17) is 0 Å². The van der Waals surface area contributed by atoms with Gasteiger partial charge in [-0.25, -0.2) is 0 Å². The molecule has 0 saturated carbocycles. The summed E-state index contributed by atoms with van der Waals surface area (Å²) in [6.07, 6.45) is 7.07. The average Bonchev–Trinajstić information content (AvgIpc) is 2.53. The van der Waals surface area contributed by atoms with Crippen molar-refractivity contribution >= 4 is 30.0 Å². The highest BCUT2D eigenvalue weighted by Gasteiger charge is 2.52. The number of carbonyl (C=O) groups excluding carboxylic acids is 3. The van der Waals surface area contributed by atoms with E-state index >= 15 is 0 Å². The van der Waals surface area contributed by atoms with Gasteiger partial charge in [-0.1, -0.05) is 0 Å². The van der Waals surface area contributed by atoms with Crippen LogP contribution in [0.15, 0.2) is 36.1 Å². The quantitative estimate of drug-likeness (QED) is 0.362. The van der Waals surface area contributed by atoms with Crippen LogP contribution in [0.25, 0.3) is 0 Å². The van der Waals surface area contributed by atoms with Crippen molar-refractivity contribution in [2.24, 2.45) is 0 Å². The second kappa shape index (κ2) is 5.76. The zero-order valence-corrected chi connectivity index (χ0v) is 12.2. The van der Waals surface area contributed by atoms with Crippen molar-refractivity contribution in [3.63, 3.8) is 0 Å². The molecule has 0 aromatic carbocycles. The second-order valence-corrected chi connectivity index (χ2v) is 5.93. The molecule has 1 N–H and O–H groups in total. The number of rotatable bonds is 5. The standard InChI is InChI=1S/C13H12N4O4S/c18-7-15-9-11(19)17-10(13(20)21)8(6-22-12(9)17)5-16-3-1-14-2-4-16/h1-4,7,9,12H,5-6H2,(H-,15,18,20,21)/t9?,12-/m1/s1. The van der Waals surface area contributed by atoms with Gasteiger partial charge >= 0.3 is 0 Å². The third kappa shape index (κ3) is 2.33. The molecule has 1 saturated heterocycles. The minimum Gasteiger partial charge on any atom is -0.543 e. The molecule has 0 aliphatic carbocycles. The van der Waals surface area contributed by atoms with Crippen molar-refractivity contribution in [2.45, 2.75) is 18.0 Å². The zero-order valence-electron chi connectivity index (χ0n) is 11.3. The number of nitrogens with one attached hydrogen (secondary N) is 1. The van der Waals surface area contributed by atoms with Crippen LogP contribution in [0, 0.1) is 0 Å². The maximum atomic E-state index is 12.0. The van der Waals surface area contributed by atoms with E-state index in [9.17, 15) is 19.5 Å². The summed E-state index contributed by atoms with van der Waals surface area (Å²) in [5.41, 5.74) is 0.498. The van der Waals surface area contributed by atoms with Gasteiger partial charge in [0.15, 0.2) is 18.9 Å². The number of carboxylic acid groups (broad SMARTS) is 1. The van der Waals surface area contributed by atoms with Crippen LogP contribution in [-0.4, -0.2) is 45.3 Å². The van der Waals surface area contributed by atoms with Gasteiger partial charge in [0, 0.05) is 11.3 Å². The number of fused-ring (bicyclic) bond motifs is 1. The Kier molecular flexibility index (Phi) is 3.80. The summed E-state index contributed by atoms with van der Waals surface area (Å²) in [6.45, 7) is 0.334. The molecular weight excluding hydrogens is 308 g/mol. The molecule has 0 bridgehead atoms. The molecule has 2 aliphatic heterocycles. The third-order valence-electron chi connectivity index (χ3n) is 3.55. The van der Waals surface area contributed by atoms with Gasteiger partial charge in [-0.15, -0.1) is 11.8 Å². The van der Waals surface area contributed by atoms with E-state index in [-0.39, 0.29) is 5.70 Å². The van der Waals surface area contributed by atoms with Gasteiger partial charge in [-0.3, -0.25) is 19.5 Å². The fourth-order valence-electron chi connectivity index (χ4n) is 2.56. The lowest BCUT2D eigenvalue weighted by atomic mass is 10.0. The molecule has 1 aromatic heterocycles. The van der Waals surface area contributed by atoms with E-state index in [1.165, 1.54) is 16.7 Å². The third-order valence-corrected chi connectivity index (χ3v) is 4.89. The maximum absolute atomic E-state index is 12.0. The lowest BCUT2D eigenvalue weighted by Gasteiger charge is -2.50. The van der Waals surface area contributed by atoms with Gasteiger partial charge in [-0.05, 0) is 0 Å². The minimum atomic E-state index is -1.38. The highest BCUT2D eigenvalue weighted by Crippen LogP contribution is 2.39. The zero-order chi connectivity index (χ0) is 15.7. The molecule has 1 aromatic rings. The van der Waals surface area contributed by atoms with Crippen molar-refractivity contribution in [1.82, 2.24) is 15.2 Å². The Morgan fingerprint density at radius 2 is 2.27 bits per heavy atom. The summed E-state index contributed by atoms with van der Waals surface area (Å²) in [5.74, 6) is -1.36. The van der Waals surface area contributed by atoms with Crippen LogP contribution in [0.2, 0.25) is 0 Å². The first-order valence-electron chi connectivity index (χ1n) is 6.50. The van der Waals surface area contributed by atoms with Gasteiger partial charge in [0.1, 0.15) is 11.4 Å². The van der Waals surface area contributed by atoms with E-state index in [1.54, 1.807) is 29.4 Å². The molecule has 0 radical (unpaired) electrons. The minimum absolute atomic E-state index is 0.0954. The van der Waals surface area contributed by atoms with Crippen LogP contribution >= 0.6 is 11.8 Å². The normalized spacial score (nSPS) is 23.6. The van der Waals surface area contributed by atoms with E-state index < -0.39 is 23.3 Å². The number of hydrogen-bond acceptors (Lipinski definition) is 6. The fraction of sp³-hybridized carbons (Fsp3) is 0.308. The van der Waals surface area contributed by atoms with Crippen molar-refractivity contribution < 1.29 is 24.1 Å². The molecule has 1 unspecified atom stereocenters. The highest BCUT2D eigenvalue weighted by molar-refractivity contribution is 8.00. The number of hydrogen-bond donors (Lipinski definition) is 1. The fourth-order valence-corrected chi connectivity index (χ4v) is 3.91. The molecule has 1 fully saturated rings. The van der Waals surface area contributed by atoms with E-state index in [1.807, 2.05) is 0 Å². The second-order valence-electron chi connectivity index (χ2n) is 4.83. The predicted molar refractivity (Wildman–Crippen MR) is 72.5 cm³/mol. The SMILES string of the molecule is O=CNC1C(=O)N2C(C(=O)[O-])=C(C[n+]3ccncc3)CS[C@H]12. The van der Waals surface area contributed by atoms with Crippen LogP contribution < -0.4 is 15.0 Å². The predicted octanol–water partition coefficient (Wildman–Crippen LogP) is -2.60. The highest BCUT2D eigenvalue weighted by atomic mass is 32.2. The summed E-state index contributed by atoms with van der Waals surface area (Å²) < 4.78 is 1.78. The Bertz CT molecular complexity index is 663. The molecule has 0 spiro atoms. The number of thioether (sulfide) groups is 1. The molecule has 22 heavy (non-hydrogen) atoms. The van der Waals surface area contributed by atoms with Gasteiger partial charge in [0.05, 0.1) is 24.1 Å². The number of carbonyl (C=O) groups is 3. The summed E-state index contributed by atoms with van der Waals surface area (Å²) in [5, 5.41) is 13.5. The Morgan fingerprint density at radius 1 is 1.55 bits per heavy atom. The topological polar surface area (TPSA) is 106 Å². The van der Waals surface area contributed by atoms with Crippen LogP contribution in [0.3, 0.4) is 0 Å². The summed E-state index contributed by atoms with van der Waals surface area (Å²) in [4.78, 5) is 39.1. The Hall–Kier alpha value is -2.42. The lowest BCUT2D eigenvalue weighted by molar-refractivity contribution is -0.689. The van der Waals surface area contributed by atoms with Crippen molar-refractivity contribution in [3.05, 3.63) is 36.1 Å². The van der Waals surface area contributed by atoms with Gasteiger partial charge < -0.3 is 15.2 Å². The van der Waals surface area contributed by atoms with Crippen LogP contribution in [-0.2, 0) is 20.9 Å². The van der Waals surface area contributed by atoms with E-state index in [0.717, 1.165) is 0 Å². The molecule has 2 amide bonds.